The van der Waals surface area contributed by atoms with E-state index in [2.05, 4.69) is 15.0 Å². The SMILES string of the molecule is CCN(C)c1ncc(-c2nc(CC(=O)O)c(-c3ccc(Cl)s3)o2)cn1. The van der Waals surface area contributed by atoms with Crippen LogP contribution in [-0.2, 0) is 11.2 Å². The van der Waals surface area contributed by atoms with Gasteiger partial charge in [-0.2, -0.15) is 0 Å². The molecule has 1 N–H and O–H groups in total. The third kappa shape index (κ3) is 3.80. The van der Waals surface area contributed by atoms with Gasteiger partial charge < -0.3 is 14.4 Å². The van der Waals surface area contributed by atoms with Crippen molar-refractivity contribution in [3.05, 3.63) is 34.6 Å². The lowest BCUT2D eigenvalue weighted by Gasteiger charge is -2.13. The smallest absolute Gasteiger partial charge is 0.309 e. The van der Waals surface area contributed by atoms with Crippen molar-refractivity contribution < 1.29 is 14.3 Å². The van der Waals surface area contributed by atoms with Gasteiger partial charge in [0.2, 0.25) is 11.8 Å². The molecule has 0 amide bonds. The number of halogens is 1. The number of carboxylic acids is 1. The number of nitrogens with zero attached hydrogens (tertiary/aromatic N) is 4. The Kier molecular flexibility index (Phi) is 5.00. The summed E-state index contributed by atoms with van der Waals surface area (Å²) >= 11 is 7.27. The summed E-state index contributed by atoms with van der Waals surface area (Å²) in [6.45, 7) is 2.78. The summed E-state index contributed by atoms with van der Waals surface area (Å²) in [5.74, 6) is 0.291. The Hall–Kier alpha value is -2.45. The first-order chi connectivity index (χ1) is 12.0. The van der Waals surface area contributed by atoms with Gasteiger partial charge in [-0.1, -0.05) is 11.6 Å². The van der Waals surface area contributed by atoms with E-state index >= 15 is 0 Å². The lowest BCUT2D eigenvalue weighted by Crippen LogP contribution is -2.18. The number of hydrogen-bond acceptors (Lipinski definition) is 7. The fourth-order valence-electron chi connectivity index (χ4n) is 2.14. The molecule has 3 rings (SSSR count). The minimum absolute atomic E-state index is 0.244. The van der Waals surface area contributed by atoms with Gasteiger partial charge in [0.05, 0.1) is 26.9 Å². The fourth-order valence-corrected chi connectivity index (χ4v) is 3.18. The van der Waals surface area contributed by atoms with Crippen LogP contribution in [0, 0.1) is 0 Å². The van der Waals surface area contributed by atoms with E-state index in [4.69, 9.17) is 21.1 Å². The Morgan fingerprint density at radius 1 is 1.36 bits per heavy atom. The molecule has 25 heavy (non-hydrogen) atoms. The molecule has 0 aliphatic carbocycles. The van der Waals surface area contributed by atoms with Gasteiger partial charge in [-0.25, -0.2) is 15.0 Å². The van der Waals surface area contributed by atoms with Crippen LogP contribution in [0.1, 0.15) is 12.6 Å². The van der Waals surface area contributed by atoms with Gasteiger partial charge in [0.25, 0.3) is 0 Å². The van der Waals surface area contributed by atoms with Crippen molar-refractivity contribution in [2.24, 2.45) is 0 Å². The van der Waals surface area contributed by atoms with Crippen LogP contribution in [0.25, 0.3) is 22.1 Å². The van der Waals surface area contributed by atoms with Crippen molar-refractivity contribution in [3.63, 3.8) is 0 Å². The Morgan fingerprint density at radius 2 is 2.08 bits per heavy atom. The van der Waals surface area contributed by atoms with Crippen LogP contribution in [-0.4, -0.2) is 39.6 Å². The Labute approximate surface area is 152 Å². The molecule has 0 unspecified atom stereocenters. The first kappa shape index (κ1) is 17.4. The number of carbonyl (C=O) groups is 1. The van der Waals surface area contributed by atoms with E-state index in [9.17, 15) is 4.79 Å². The molecule has 0 aliphatic heterocycles. The number of anilines is 1. The molecule has 7 nitrogen and oxygen atoms in total. The number of thiophene rings is 1. The summed E-state index contributed by atoms with van der Waals surface area (Å²) in [7, 11) is 1.89. The summed E-state index contributed by atoms with van der Waals surface area (Å²) in [5.41, 5.74) is 0.921. The number of oxazole rings is 1. The number of rotatable bonds is 6. The number of aromatic nitrogens is 3. The molecule has 0 aliphatic rings. The number of hydrogen-bond donors (Lipinski definition) is 1. The van der Waals surface area contributed by atoms with Crippen molar-refractivity contribution in [2.75, 3.05) is 18.5 Å². The predicted molar refractivity (Wildman–Crippen MR) is 96.1 cm³/mol. The molecule has 0 saturated heterocycles. The van der Waals surface area contributed by atoms with E-state index in [1.807, 2.05) is 18.9 Å². The molecule has 0 saturated carbocycles. The zero-order valence-corrected chi connectivity index (χ0v) is 15.1. The highest BCUT2D eigenvalue weighted by molar-refractivity contribution is 7.19. The Morgan fingerprint density at radius 3 is 2.64 bits per heavy atom. The number of aliphatic carboxylic acids is 1. The maximum absolute atomic E-state index is 11.1. The summed E-state index contributed by atoms with van der Waals surface area (Å²) in [5, 5.41) is 9.11. The van der Waals surface area contributed by atoms with Crippen LogP contribution in [0.5, 0.6) is 0 Å². The van der Waals surface area contributed by atoms with E-state index < -0.39 is 5.97 Å². The summed E-state index contributed by atoms with van der Waals surface area (Å²) < 4.78 is 6.40. The molecule has 0 radical (unpaired) electrons. The van der Waals surface area contributed by atoms with Crippen molar-refractivity contribution in [1.82, 2.24) is 15.0 Å². The van der Waals surface area contributed by atoms with Gasteiger partial charge >= 0.3 is 5.97 Å². The molecule has 3 aromatic rings. The first-order valence-electron chi connectivity index (χ1n) is 7.48. The van der Waals surface area contributed by atoms with Crippen LogP contribution in [0.4, 0.5) is 5.95 Å². The first-order valence-corrected chi connectivity index (χ1v) is 8.68. The third-order valence-corrected chi connectivity index (χ3v) is 4.74. The van der Waals surface area contributed by atoms with Crippen molar-refractivity contribution in [2.45, 2.75) is 13.3 Å². The summed E-state index contributed by atoms with van der Waals surface area (Å²) in [6, 6.07) is 3.51. The van der Waals surface area contributed by atoms with E-state index in [1.54, 1.807) is 24.5 Å². The molecule has 130 valence electrons. The van der Waals surface area contributed by atoms with E-state index in [0.29, 0.717) is 27.3 Å². The molecule has 9 heteroatoms. The molecule has 0 fully saturated rings. The second-order valence-electron chi connectivity index (χ2n) is 5.26. The molecule has 0 aromatic carbocycles. The fraction of sp³-hybridized carbons (Fsp3) is 0.250. The lowest BCUT2D eigenvalue weighted by molar-refractivity contribution is -0.136. The standard InChI is InChI=1S/C16H15ClN4O3S/c1-3-21(2)16-18-7-9(8-19-16)15-20-10(6-13(22)23)14(24-15)11-4-5-12(17)25-11/h4-5,7-8H,3,6H2,1-2H3,(H,22,23). The van der Waals surface area contributed by atoms with Crippen LogP contribution >= 0.6 is 22.9 Å². The topological polar surface area (TPSA) is 92.4 Å². The Balaban J connectivity index is 1.99. The average molecular weight is 379 g/mol. The van der Waals surface area contributed by atoms with Crippen LogP contribution < -0.4 is 4.90 Å². The predicted octanol–water partition coefficient (Wildman–Crippen LogP) is 3.60. The number of carboxylic acid groups (broad SMARTS) is 1. The second kappa shape index (κ2) is 7.20. The average Bonchev–Trinajstić information content (AvgIpc) is 3.20. The molecular weight excluding hydrogens is 364 g/mol. The van der Waals surface area contributed by atoms with Gasteiger partial charge in [0, 0.05) is 26.0 Å². The van der Waals surface area contributed by atoms with Gasteiger partial charge in [-0.15, -0.1) is 11.3 Å². The maximum atomic E-state index is 11.1. The van der Waals surface area contributed by atoms with Gasteiger partial charge in [0.1, 0.15) is 0 Å². The van der Waals surface area contributed by atoms with Gasteiger partial charge in [0.15, 0.2) is 5.76 Å². The Bertz CT molecular complexity index is 891. The van der Waals surface area contributed by atoms with Crippen molar-refractivity contribution in [3.8, 4) is 22.1 Å². The molecule has 0 atom stereocenters. The minimum atomic E-state index is -0.986. The molecule has 3 aromatic heterocycles. The molecular formula is C16H15ClN4O3S. The van der Waals surface area contributed by atoms with E-state index in [0.717, 1.165) is 11.4 Å². The highest BCUT2D eigenvalue weighted by Gasteiger charge is 2.20. The van der Waals surface area contributed by atoms with Gasteiger partial charge in [-0.3, -0.25) is 4.79 Å². The normalized spacial score (nSPS) is 10.8. The van der Waals surface area contributed by atoms with Crippen LogP contribution in [0.2, 0.25) is 4.34 Å². The van der Waals surface area contributed by atoms with Crippen molar-refractivity contribution >= 4 is 34.9 Å². The van der Waals surface area contributed by atoms with Crippen molar-refractivity contribution in [1.29, 1.82) is 0 Å². The second-order valence-corrected chi connectivity index (χ2v) is 6.97. The summed E-state index contributed by atoms with van der Waals surface area (Å²) in [4.78, 5) is 26.6. The van der Waals surface area contributed by atoms with Crippen LogP contribution in [0.3, 0.4) is 0 Å². The largest absolute Gasteiger partial charge is 0.481 e. The zero-order chi connectivity index (χ0) is 18.0. The third-order valence-electron chi connectivity index (χ3n) is 3.51. The summed E-state index contributed by atoms with van der Waals surface area (Å²) in [6.07, 6.45) is 2.97. The molecule has 3 heterocycles. The minimum Gasteiger partial charge on any atom is -0.481 e. The van der Waals surface area contributed by atoms with Crippen LogP contribution in [0.15, 0.2) is 28.9 Å². The maximum Gasteiger partial charge on any atom is 0.309 e. The monoisotopic (exact) mass is 378 g/mol. The quantitative estimate of drug-likeness (QED) is 0.700. The highest BCUT2D eigenvalue weighted by Crippen LogP contribution is 2.36. The molecule has 0 spiro atoms. The molecule has 0 bridgehead atoms. The highest BCUT2D eigenvalue weighted by atomic mass is 35.5. The zero-order valence-electron chi connectivity index (χ0n) is 13.6. The van der Waals surface area contributed by atoms with E-state index in [1.165, 1.54) is 11.3 Å². The lowest BCUT2D eigenvalue weighted by atomic mass is 10.2. The van der Waals surface area contributed by atoms with E-state index in [-0.39, 0.29) is 12.3 Å². The van der Waals surface area contributed by atoms with Gasteiger partial charge in [-0.05, 0) is 19.1 Å².